The number of benzene rings is 5. The quantitative estimate of drug-likeness (QED) is 0.0708. The maximum atomic E-state index is 15.4. The molecule has 52 heavy (non-hydrogen) atoms. The summed E-state index contributed by atoms with van der Waals surface area (Å²) < 4.78 is 295. The van der Waals surface area contributed by atoms with E-state index in [0.29, 0.717) is 12.1 Å². The molecular formula is C30H4F20P2. The maximum Gasteiger partial charge on any atom is 0.200 e. The van der Waals surface area contributed by atoms with Crippen molar-refractivity contribution >= 4 is 47.7 Å². The van der Waals surface area contributed by atoms with Crippen LogP contribution in [0, 0.1) is 116 Å². The molecule has 0 fully saturated rings. The Morgan fingerprint density at radius 2 is 0.346 bits per heavy atom. The number of halogens is 20. The fraction of sp³-hybridized carbons (Fsp3) is 0. The minimum absolute atomic E-state index is 0.171. The van der Waals surface area contributed by atoms with Crippen LogP contribution in [0.15, 0.2) is 24.3 Å². The second-order valence-corrected chi connectivity index (χ2v) is 13.9. The van der Waals surface area contributed by atoms with Crippen LogP contribution in [0.4, 0.5) is 87.8 Å². The minimum atomic E-state index is -4.72. The third-order valence-corrected chi connectivity index (χ3v) is 12.3. The second-order valence-electron chi connectivity index (χ2n) is 9.83. The Balaban J connectivity index is 2.10. The summed E-state index contributed by atoms with van der Waals surface area (Å²) >= 11 is 0. The van der Waals surface area contributed by atoms with Gasteiger partial charge in [0.1, 0.15) is 0 Å². The van der Waals surface area contributed by atoms with Crippen molar-refractivity contribution in [2.24, 2.45) is 0 Å². The van der Waals surface area contributed by atoms with Gasteiger partial charge in [0.05, 0.1) is 21.2 Å². The van der Waals surface area contributed by atoms with E-state index < -0.39 is 164 Å². The van der Waals surface area contributed by atoms with E-state index >= 15 is 35.1 Å². The normalized spacial score (nSPS) is 11.8. The molecule has 274 valence electrons. The Labute approximate surface area is 276 Å². The Hall–Kier alpha value is -4.44. The molecule has 0 saturated heterocycles. The molecule has 0 unspecified atom stereocenters. The Morgan fingerprint density at radius 1 is 0.212 bits per heavy atom. The van der Waals surface area contributed by atoms with Crippen LogP contribution in [0.3, 0.4) is 0 Å². The first kappa shape index (κ1) is 38.8. The summed E-state index contributed by atoms with van der Waals surface area (Å²) in [6, 6.07) is 1.39. The molecule has 5 aromatic carbocycles. The van der Waals surface area contributed by atoms with E-state index in [1.807, 2.05) is 0 Å². The molecule has 0 atom stereocenters. The summed E-state index contributed by atoms with van der Waals surface area (Å²) in [5, 5.41) is -13.4. The fourth-order valence-electron chi connectivity index (χ4n) is 4.71. The molecule has 0 N–H and O–H groups in total. The van der Waals surface area contributed by atoms with E-state index in [9.17, 15) is 52.7 Å². The molecule has 0 radical (unpaired) electrons. The van der Waals surface area contributed by atoms with Gasteiger partial charge in [0, 0.05) is 15.8 Å². The van der Waals surface area contributed by atoms with Crippen molar-refractivity contribution < 1.29 is 87.8 Å². The van der Waals surface area contributed by atoms with Crippen LogP contribution in [-0.4, -0.2) is 0 Å². The van der Waals surface area contributed by atoms with Gasteiger partial charge in [0.15, 0.2) is 93.1 Å². The minimum Gasteiger partial charge on any atom is -0.203 e. The van der Waals surface area contributed by atoms with Gasteiger partial charge >= 0.3 is 0 Å². The van der Waals surface area contributed by atoms with Gasteiger partial charge in [-0.05, 0) is 10.6 Å². The first-order valence-electron chi connectivity index (χ1n) is 12.9. The second kappa shape index (κ2) is 13.8. The fourth-order valence-corrected chi connectivity index (χ4v) is 10.2. The summed E-state index contributed by atoms with van der Waals surface area (Å²) in [5.74, 6) is -60.2. The maximum absolute atomic E-state index is 15.4. The molecule has 0 aliphatic carbocycles. The Morgan fingerprint density at radius 3 is 0.500 bits per heavy atom. The van der Waals surface area contributed by atoms with E-state index in [1.54, 1.807) is 0 Å². The molecule has 5 rings (SSSR count). The van der Waals surface area contributed by atoms with Crippen molar-refractivity contribution in [3.05, 3.63) is 141 Å². The van der Waals surface area contributed by atoms with E-state index in [2.05, 4.69) is 0 Å². The standard InChI is InChI=1S/C30H4F20P2/c31-7-11(35)19(43)27(20(44)12(7)36)51(28-21(45)13(37)8(32)14(38)22(28)46)5-3-1-2-4-6(5)52(29-23(47)15(39)9(33)16(40)24(29)48)30-25(49)17(41)10(34)18(42)26(30)50/h1-4H. The Kier molecular flexibility index (Phi) is 10.3. The van der Waals surface area contributed by atoms with E-state index in [0.717, 1.165) is 0 Å². The summed E-state index contributed by atoms with van der Waals surface area (Å²) in [4.78, 5) is 0. The van der Waals surface area contributed by atoms with Crippen molar-refractivity contribution in [2.45, 2.75) is 0 Å². The van der Waals surface area contributed by atoms with Gasteiger partial charge in [0.2, 0.25) is 23.3 Å². The third kappa shape index (κ3) is 5.65. The number of rotatable bonds is 6. The highest BCUT2D eigenvalue weighted by Gasteiger charge is 2.43. The van der Waals surface area contributed by atoms with Gasteiger partial charge in [0.25, 0.3) is 0 Å². The molecule has 0 aliphatic rings. The molecule has 0 aliphatic heterocycles. The highest BCUT2D eigenvalue weighted by atomic mass is 31.1. The van der Waals surface area contributed by atoms with Crippen LogP contribution in [0.2, 0.25) is 0 Å². The number of hydrogen-bond donors (Lipinski definition) is 0. The first-order valence-corrected chi connectivity index (χ1v) is 15.6. The van der Waals surface area contributed by atoms with Gasteiger partial charge in [-0.3, -0.25) is 0 Å². The molecule has 0 saturated carbocycles. The molecule has 22 heteroatoms. The zero-order valence-electron chi connectivity index (χ0n) is 23.8. The van der Waals surface area contributed by atoms with Crippen molar-refractivity contribution in [1.29, 1.82) is 0 Å². The molecule has 0 aromatic heterocycles. The van der Waals surface area contributed by atoms with Crippen LogP contribution in [0.1, 0.15) is 0 Å². The van der Waals surface area contributed by atoms with Crippen LogP contribution in [0.25, 0.3) is 0 Å². The highest BCUT2D eigenvalue weighted by Crippen LogP contribution is 2.45. The Bertz CT molecular complexity index is 1930. The van der Waals surface area contributed by atoms with Gasteiger partial charge < -0.3 is 0 Å². The summed E-state index contributed by atoms with van der Waals surface area (Å²) in [5.41, 5.74) is 0. The predicted octanol–water partition coefficient (Wildman–Crippen LogP) is 7.99. The van der Waals surface area contributed by atoms with Crippen molar-refractivity contribution in [1.82, 2.24) is 0 Å². The van der Waals surface area contributed by atoms with Gasteiger partial charge in [-0.2, -0.15) is 0 Å². The van der Waals surface area contributed by atoms with Crippen molar-refractivity contribution in [2.75, 3.05) is 0 Å². The molecule has 0 bridgehead atoms. The van der Waals surface area contributed by atoms with Gasteiger partial charge in [-0.15, -0.1) is 0 Å². The van der Waals surface area contributed by atoms with Crippen LogP contribution >= 0.6 is 15.8 Å². The lowest BCUT2D eigenvalue weighted by Crippen LogP contribution is -2.41. The van der Waals surface area contributed by atoms with E-state index in [1.165, 1.54) is 0 Å². The average Bonchev–Trinajstić information content (AvgIpc) is 3.13. The molecule has 0 heterocycles. The summed E-state index contributed by atoms with van der Waals surface area (Å²) in [6.07, 6.45) is 0. The number of hydrogen-bond acceptors (Lipinski definition) is 0. The van der Waals surface area contributed by atoms with Crippen LogP contribution in [-0.2, 0) is 0 Å². The summed E-state index contributed by atoms with van der Waals surface area (Å²) in [7, 11) is -9.45. The van der Waals surface area contributed by atoms with Gasteiger partial charge in [-0.25, -0.2) is 87.8 Å². The zero-order valence-corrected chi connectivity index (χ0v) is 25.6. The monoisotopic (exact) mass is 806 g/mol. The SMILES string of the molecule is Fc1c(F)c(F)c(P(c2ccccc2P(c2c(F)c(F)c(F)c(F)c2F)c2c(F)c(F)c(F)c(F)c2F)c2c(F)c(F)c(F)c(F)c2F)c(F)c1F. The molecule has 5 aromatic rings. The smallest absolute Gasteiger partial charge is 0.200 e. The lowest BCUT2D eigenvalue weighted by molar-refractivity contribution is 0.383. The lowest BCUT2D eigenvalue weighted by Gasteiger charge is -2.29. The van der Waals surface area contributed by atoms with Crippen molar-refractivity contribution in [3.63, 3.8) is 0 Å². The molecule has 0 nitrogen and oxygen atoms in total. The van der Waals surface area contributed by atoms with Crippen LogP contribution in [0.5, 0.6) is 0 Å². The third-order valence-electron chi connectivity index (χ3n) is 7.00. The highest BCUT2D eigenvalue weighted by molar-refractivity contribution is 7.85. The molecule has 0 amide bonds. The van der Waals surface area contributed by atoms with Crippen molar-refractivity contribution in [3.8, 4) is 0 Å². The van der Waals surface area contributed by atoms with Gasteiger partial charge in [-0.1, -0.05) is 24.3 Å². The molecule has 0 spiro atoms. The largest absolute Gasteiger partial charge is 0.203 e. The summed E-state index contributed by atoms with van der Waals surface area (Å²) in [6.45, 7) is 0. The van der Waals surface area contributed by atoms with E-state index in [4.69, 9.17) is 0 Å². The predicted molar refractivity (Wildman–Crippen MR) is 143 cm³/mol. The first-order chi connectivity index (χ1) is 24.2. The van der Waals surface area contributed by atoms with E-state index in [-0.39, 0.29) is 12.1 Å². The van der Waals surface area contributed by atoms with Crippen LogP contribution < -0.4 is 31.8 Å². The lowest BCUT2D eigenvalue weighted by atomic mass is 10.3. The average molecular weight is 806 g/mol. The molecular weight excluding hydrogens is 802 g/mol. The zero-order chi connectivity index (χ0) is 39.0. The topological polar surface area (TPSA) is 0 Å².